The van der Waals surface area contributed by atoms with Gasteiger partial charge in [-0.1, -0.05) is 12.1 Å². The molecular weight excluding hydrogens is 308 g/mol. The molecule has 0 spiro atoms. The van der Waals surface area contributed by atoms with Gasteiger partial charge in [-0.15, -0.1) is 0 Å². The van der Waals surface area contributed by atoms with Crippen molar-refractivity contribution in [2.45, 2.75) is 19.0 Å². The van der Waals surface area contributed by atoms with E-state index in [1.807, 2.05) is 0 Å². The number of benzene rings is 1. The molecule has 6 nitrogen and oxygen atoms in total. The second-order valence-corrected chi connectivity index (χ2v) is 5.53. The van der Waals surface area contributed by atoms with Gasteiger partial charge in [-0.2, -0.15) is 0 Å². The lowest BCUT2D eigenvalue weighted by molar-refractivity contribution is 0.0673. The van der Waals surface area contributed by atoms with E-state index in [1.54, 1.807) is 13.0 Å². The zero-order valence-electron chi connectivity index (χ0n) is 12.1. The minimum absolute atomic E-state index is 0.00942. The van der Waals surface area contributed by atoms with Gasteiger partial charge in [0.15, 0.2) is 5.69 Å². The number of hydrogen-bond acceptors (Lipinski definition) is 3. The minimum atomic E-state index is -1.60. The zero-order chi connectivity index (χ0) is 16.8. The van der Waals surface area contributed by atoms with E-state index in [-0.39, 0.29) is 17.8 Å². The molecule has 1 aliphatic rings. The van der Waals surface area contributed by atoms with Gasteiger partial charge in [0, 0.05) is 5.56 Å². The Hall–Kier alpha value is -2.77. The maximum Gasteiger partial charge on any atom is 0.356 e. The highest BCUT2D eigenvalue weighted by atomic mass is 19.1. The summed E-state index contributed by atoms with van der Waals surface area (Å²) in [5, 5.41) is 11.5. The number of aromatic carboxylic acids is 1. The molecule has 23 heavy (non-hydrogen) atoms. The van der Waals surface area contributed by atoms with Crippen LogP contribution in [0, 0.1) is 12.7 Å². The van der Waals surface area contributed by atoms with Crippen molar-refractivity contribution >= 4 is 11.9 Å². The van der Waals surface area contributed by atoms with Crippen molar-refractivity contribution in [2.24, 2.45) is 0 Å². The number of carboxylic acids is 1. The van der Waals surface area contributed by atoms with Crippen molar-refractivity contribution in [3.8, 4) is 0 Å². The number of nitrogens with zero attached hydrogens (tertiary/aromatic N) is 2. The number of nitrogens with one attached hydrogen (secondary N) is 1. The van der Waals surface area contributed by atoms with E-state index in [4.69, 9.17) is 5.11 Å². The number of rotatable bonds is 3. The molecule has 1 aliphatic heterocycles. The molecule has 120 valence electrons. The molecule has 8 heteroatoms. The Balaban J connectivity index is 2.12. The molecule has 0 saturated carbocycles. The van der Waals surface area contributed by atoms with E-state index < -0.39 is 35.6 Å². The first-order chi connectivity index (χ1) is 10.9. The van der Waals surface area contributed by atoms with E-state index in [0.717, 1.165) is 6.33 Å². The summed E-state index contributed by atoms with van der Waals surface area (Å²) in [5.41, 5.74) is -1.51. The Kier molecular flexibility index (Phi) is 3.39. The lowest BCUT2D eigenvalue weighted by Gasteiger charge is -2.37. The topological polar surface area (TPSA) is 84.2 Å². The second kappa shape index (κ2) is 5.15. The van der Waals surface area contributed by atoms with Crippen molar-refractivity contribution in [1.82, 2.24) is 14.9 Å². The number of carboxylic acid groups (broad SMARTS) is 1. The highest BCUT2D eigenvalue weighted by molar-refractivity contribution is 6.03. The van der Waals surface area contributed by atoms with Crippen molar-refractivity contribution in [2.75, 3.05) is 6.67 Å². The number of carbonyl (C=O) groups excluding carboxylic acids is 1. The Bertz CT molecular complexity index is 818. The molecule has 1 amide bonds. The molecule has 1 aromatic carbocycles. The SMILES string of the molecule is Cc1ccc(C2(CF)Cn3cnc(C(=O)O)c3C(=O)N2)c(F)c1. The number of alkyl halides is 1. The van der Waals surface area contributed by atoms with Crippen LogP contribution in [0.15, 0.2) is 24.5 Å². The molecule has 1 unspecified atom stereocenters. The summed E-state index contributed by atoms with van der Waals surface area (Å²) in [6.45, 7) is 0.505. The van der Waals surface area contributed by atoms with Crippen LogP contribution in [-0.4, -0.2) is 33.2 Å². The van der Waals surface area contributed by atoms with Crippen LogP contribution in [0.4, 0.5) is 8.78 Å². The Morgan fingerprint density at radius 3 is 2.87 bits per heavy atom. The van der Waals surface area contributed by atoms with Gasteiger partial charge in [0.2, 0.25) is 0 Å². The Labute approximate surface area is 129 Å². The fourth-order valence-corrected chi connectivity index (χ4v) is 2.81. The summed E-state index contributed by atoms with van der Waals surface area (Å²) >= 11 is 0. The maximum atomic E-state index is 14.3. The third-order valence-electron chi connectivity index (χ3n) is 3.92. The number of halogens is 2. The summed E-state index contributed by atoms with van der Waals surface area (Å²) in [7, 11) is 0. The van der Waals surface area contributed by atoms with Crippen LogP contribution in [0.2, 0.25) is 0 Å². The predicted molar refractivity (Wildman–Crippen MR) is 75.4 cm³/mol. The Morgan fingerprint density at radius 2 is 2.26 bits per heavy atom. The van der Waals surface area contributed by atoms with Gasteiger partial charge in [-0.25, -0.2) is 18.6 Å². The molecule has 0 radical (unpaired) electrons. The van der Waals surface area contributed by atoms with E-state index in [0.29, 0.717) is 5.56 Å². The number of hydrogen-bond donors (Lipinski definition) is 2. The summed E-state index contributed by atoms with van der Waals surface area (Å²) in [4.78, 5) is 27.0. The number of amides is 1. The van der Waals surface area contributed by atoms with Gasteiger partial charge < -0.3 is 15.0 Å². The first-order valence-electron chi connectivity index (χ1n) is 6.81. The van der Waals surface area contributed by atoms with Gasteiger partial charge in [0.25, 0.3) is 5.91 Å². The third kappa shape index (κ3) is 2.26. The fraction of sp³-hybridized carbons (Fsp3) is 0.267. The second-order valence-electron chi connectivity index (χ2n) is 5.53. The van der Waals surface area contributed by atoms with Crippen molar-refractivity contribution in [3.05, 3.63) is 52.9 Å². The Morgan fingerprint density at radius 1 is 1.52 bits per heavy atom. The third-order valence-corrected chi connectivity index (χ3v) is 3.92. The highest BCUT2D eigenvalue weighted by Crippen LogP contribution is 2.31. The maximum absolute atomic E-state index is 14.3. The molecule has 3 rings (SSSR count). The molecule has 0 aliphatic carbocycles. The standard InChI is InChI=1S/C15H13F2N3O3/c1-8-2-3-9(10(17)4-8)15(5-16)6-20-7-18-11(14(22)23)12(20)13(21)19-15/h2-4,7H,5-6H2,1H3,(H,19,21)(H,22,23). The highest BCUT2D eigenvalue weighted by Gasteiger charge is 2.43. The monoisotopic (exact) mass is 321 g/mol. The minimum Gasteiger partial charge on any atom is -0.476 e. The van der Waals surface area contributed by atoms with Crippen LogP contribution in [0.25, 0.3) is 0 Å². The van der Waals surface area contributed by atoms with Crippen molar-refractivity contribution in [3.63, 3.8) is 0 Å². The number of carbonyl (C=O) groups is 2. The molecular formula is C15H13F2N3O3. The largest absolute Gasteiger partial charge is 0.476 e. The normalized spacial score (nSPS) is 20.0. The number of imidazole rings is 1. The number of aromatic nitrogens is 2. The average molecular weight is 321 g/mol. The molecule has 2 N–H and O–H groups in total. The van der Waals surface area contributed by atoms with Gasteiger partial charge in [-0.3, -0.25) is 4.79 Å². The average Bonchev–Trinajstić information content (AvgIpc) is 2.91. The van der Waals surface area contributed by atoms with E-state index >= 15 is 0 Å². The van der Waals surface area contributed by atoms with Crippen molar-refractivity contribution < 1.29 is 23.5 Å². The molecule has 0 fully saturated rings. The zero-order valence-corrected chi connectivity index (χ0v) is 12.1. The quantitative estimate of drug-likeness (QED) is 0.900. The lowest BCUT2D eigenvalue weighted by atomic mass is 9.88. The number of aryl methyl sites for hydroxylation is 1. The number of fused-ring (bicyclic) bond motifs is 1. The van der Waals surface area contributed by atoms with Crippen LogP contribution in [0.1, 0.15) is 32.1 Å². The van der Waals surface area contributed by atoms with Gasteiger partial charge in [0.1, 0.15) is 23.7 Å². The van der Waals surface area contributed by atoms with E-state index in [9.17, 15) is 18.4 Å². The van der Waals surface area contributed by atoms with Crippen LogP contribution in [-0.2, 0) is 12.1 Å². The van der Waals surface area contributed by atoms with Gasteiger partial charge in [0.05, 0.1) is 12.9 Å². The van der Waals surface area contributed by atoms with Gasteiger partial charge >= 0.3 is 5.97 Å². The molecule has 2 aromatic rings. The van der Waals surface area contributed by atoms with E-state index in [1.165, 1.54) is 16.7 Å². The summed E-state index contributed by atoms with van der Waals surface area (Å²) in [6, 6.07) is 4.30. The van der Waals surface area contributed by atoms with Crippen LogP contribution in [0.5, 0.6) is 0 Å². The van der Waals surface area contributed by atoms with Crippen LogP contribution < -0.4 is 5.32 Å². The molecule has 0 saturated heterocycles. The summed E-state index contributed by atoms with van der Waals surface area (Å²) in [5.74, 6) is -2.79. The first kappa shape index (κ1) is 15.1. The van der Waals surface area contributed by atoms with Crippen LogP contribution >= 0.6 is 0 Å². The first-order valence-corrected chi connectivity index (χ1v) is 6.81. The lowest BCUT2D eigenvalue weighted by Crippen LogP contribution is -2.55. The summed E-state index contributed by atoms with van der Waals surface area (Å²) in [6.07, 6.45) is 1.15. The molecule has 2 heterocycles. The van der Waals surface area contributed by atoms with Crippen LogP contribution in [0.3, 0.4) is 0 Å². The van der Waals surface area contributed by atoms with Crippen molar-refractivity contribution in [1.29, 1.82) is 0 Å². The summed E-state index contributed by atoms with van der Waals surface area (Å²) < 4.78 is 29.3. The smallest absolute Gasteiger partial charge is 0.356 e. The predicted octanol–water partition coefficient (Wildman–Crippen LogP) is 1.64. The molecule has 1 atom stereocenters. The molecule has 0 bridgehead atoms. The molecule has 1 aromatic heterocycles. The van der Waals surface area contributed by atoms with Gasteiger partial charge in [-0.05, 0) is 18.6 Å². The van der Waals surface area contributed by atoms with E-state index in [2.05, 4.69) is 10.3 Å². The fourth-order valence-electron chi connectivity index (χ4n) is 2.81.